The van der Waals surface area contributed by atoms with Crippen LogP contribution in [-0.2, 0) is 4.79 Å². The van der Waals surface area contributed by atoms with Gasteiger partial charge in [-0.15, -0.1) is 11.3 Å². The van der Waals surface area contributed by atoms with E-state index in [2.05, 4.69) is 25.8 Å². The monoisotopic (exact) mass is 401 g/mol. The number of aromatic amines is 1. The summed E-state index contributed by atoms with van der Waals surface area (Å²) in [5.74, 6) is -1.49. The number of nitrogens with one attached hydrogen (secondary N) is 3. The number of aromatic nitrogens is 3. The Labute approximate surface area is 162 Å². The minimum absolute atomic E-state index is 0.0462. The van der Waals surface area contributed by atoms with Crippen molar-refractivity contribution in [3.05, 3.63) is 56.6 Å². The molecule has 28 heavy (non-hydrogen) atoms. The van der Waals surface area contributed by atoms with E-state index in [1.807, 2.05) is 0 Å². The van der Waals surface area contributed by atoms with Crippen LogP contribution in [0.15, 0.2) is 28.4 Å². The van der Waals surface area contributed by atoms with Crippen molar-refractivity contribution in [1.29, 1.82) is 0 Å². The second-order valence-corrected chi connectivity index (χ2v) is 6.86. The number of aryl methyl sites for hydroxylation is 1. The Hall–Kier alpha value is -3.40. The summed E-state index contributed by atoms with van der Waals surface area (Å²) in [5.41, 5.74) is 1.24. The van der Waals surface area contributed by atoms with Crippen molar-refractivity contribution in [3.8, 4) is 11.3 Å². The molecule has 1 aromatic carbocycles. The summed E-state index contributed by atoms with van der Waals surface area (Å²) in [5, 5.41) is 12.9. The van der Waals surface area contributed by atoms with Crippen LogP contribution < -0.4 is 16.2 Å². The molecule has 0 saturated heterocycles. The van der Waals surface area contributed by atoms with Gasteiger partial charge in [0.1, 0.15) is 11.4 Å². The molecule has 0 unspecified atom stereocenters. The summed E-state index contributed by atoms with van der Waals surface area (Å²) in [6.45, 7) is 4.64. The van der Waals surface area contributed by atoms with Crippen molar-refractivity contribution in [2.75, 3.05) is 10.6 Å². The number of hydrogen-bond donors (Lipinski definition) is 3. The average molecular weight is 401 g/mol. The van der Waals surface area contributed by atoms with E-state index in [1.54, 1.807) is 25.3 Å². The Morgan fingerprint density at radius 1 is 1.21 bits per heavy atom. The zero-order valence-electron chi connectivity index (χ0n) is 15.2. The van der Waals surface area contributed by atoms with E-state index in [0.717, 1.165) is 11.3 Å². The fourth-order valence-electron chi connectivity index (χ4n) is 2.52. The molecule has 0 aliphatic rings. The minimum Gasteiger partial charge on any atom is -0.326 e. The van der Waals surface area contributed by atoms with Crippen molar-refractivity contribution in [2.24, 2.45) is 0 Å². The van der Waals surface area contributed by atoms with Gasteiger partial charge < -0.3 is 5.32 Å². The van der Waals surface area contributed by atoms with Gasteiger partial charge in [-0.05, 0) is 37.6 Å². The molecule has 0 aliphatic heterocycles. The maximum absolute atomic E-state index is 14.3. The second-order valence-electron chi connectivity index (χ2n) is 6.01. The molecule has 0 atom stereocenters. The van der Waals surface area contributed by atoms with Gasteiger partial charge in [0.25, 0.3) is 11.5 Å². The van der Waals surface area contributed by atoms with E-state index in [1.165, 1.54) is 19.1 Å². The summed E-state index contributed by atoms with van der Waals surface area (Å²) in [7, 11) is 0. The largest absolute Gasteiger partial charge is 0.326 e. The average Bonchev–Trinajstić information content (AvgIpc) is 3.06. The number of benzene rings is 1. The smallest absolute Gasteiger partial charge is 0.277 e. The highest BCUT2D eigenvalue weighted by Gasteiger charge is 2.18. The Kier molecular flexibility index (Phi) is 5.32. The first-order valence-electron chi connectivity index (χ1n) is 8.16. The predicted molar refractivity (Wildman–Crippen MR) is 104 cm³/mol. The molecular weight excluding hydrogens is 385 g/mol. The Morgan fingerprint density at radius 2 is 1.96 bits per heavy atom. The van der Waals surface area contributed by atoms with Crippen molar-refractivity contribution >= 4 is 34.0 Å². The van der Waals surface area contributed by atoms with Crippen LogP contribution in [0.1, 0.15) is 28.5 Å². The topological polar surface area (TPSA) is 117 Å². The molecule has 2 aromatic heterocycles. The third kappa shape index (κ3) is 3.96. The van der Waals surface area contributed by atoms with E-state index in [-0.39, 0.29) is 22.2 Å². The SMILES string of the molecule is CC(=O)Nc1ccc(-c2csc(NC(=O)c3c(C)c(C)n[nH]c3=O)n2)c(F)c1. The van der Waals surface area contributed by atoms with Crippen molar-refractivity contribution in [2.45, 2.75) is 20.8 Å². The Bertz CT molecular complexity index is 1140. The van der Waals surface area contributed by atoms with Crippen LogP contribution in [0.2, 0.25) is 0 Å². The minimum atomic E-state index is -0.619. The Morgan fingerprint density at radius 3 is 2.64 bits per heavy atom. The molecule has 0 aliphatic carbocycles. The number of H-pyrrole nitrogens is 1. The highest BCUT2D eigenvalue weighted by atomic mass is 32.1. The van der Waals surface area contributed by atoms with Gasteiger partial charge in [-0.2, -0.15) is 5.10 Å². The summed E-state index contributed by atoms with van der Waals surface area (Å²) < 4.78 is 14.3. The number of rotatable bonds is 4. The highest BCUT2D eigenvalue weighted by Crippen LogP contribution is 2.29. The first-order valence-corrected chi connectivity index (χ1v) is 9.04. The first-order chi connectivity index (χ1) is 13.3. The van der Waals surface area contributed by atoms with E-state index >= 15 is 0 Å². The number of hydrogen-bond acceptors (Lipinski definition) is 6. The molecule has 0 radical (unpaired) electrons. The van der Waals surface area contributed by atoms with Crippen molar-refractivity contribution < 1.29 is 14.0 Å². The lowest BCUT2D eigenvalue weighted by molar-refractivity contribution is -0.114. The van der Waals surface area contributed by atoms with Crippen LogP contribution in [0.25, 0.3) is 11.3 Å². The number of carbonyl (C=O) groups is 2. The van der Waals surface area contributed by atoms with Crippen LogP contribution >= 0.6 is 11.3 Å². The molecule has 0 saturated carbocycles. The fourth-order valence-corrected chi connectivity index (χ4v) is 3.22. The summed E-state index contributed by atoms with van der Waals surface area (Å²) in [6, 6.07) is 4.24. The van der Waals surface area contributed by atoms with Gasteiger partial charge in [0.15, 0.2) is 5.13 Å². The molecule has 0 bridgehead atoms. The molecule has 0 spiro atoms. The maximum atomic E-state index is 14.3. The lowest BCUT2D eigenvalue weighted by Gasteiger charge is -2.06. The quantitative estimate of drug-likeness (QED) is 0.621. The van der Waals surface area contributed by atoms with E-state index in [4.69, 9.17) is 0 Å². The molecule has 10 heteroatoms. The van der Waals surface area contributed by atoms with Crippen LogP contribution in [0, 0.1) is 19.7 Å². The van der Waals surface area contributed by atoms with Crippen LogP contribution in [0.5, 0.6) is 0 Å². The molecule has 2 amide bonds. The fraction of sp³-hybridized carbons (Fsp3) is 0.167. The van der Waals surface area contributed by atoms with Gasteiger partial charge in [0, 0.05) is 23.6 Å². The lowest BCUT2D eigenvalue weighted by Crippen LogP contribution is -2.26. The molecule has 0 fully saturated rings. The van der Waals surface area contributed by atoms with Gasteiger partial charge in [-0.25, -0.2) is 14.5 Å². The number of nitrogens with zero attached hydrogens (tertiary/aromatic N) is 2. The predicted octanol–water partition coefficient (Wildman–Crippen LogP) is 2.86. The molecule has 144 valence electrons. The van der Waals surface area contributed by atoms with Gasteiger partial charge in [0.05, 0.1) is 11.4 Å². The lowest BCUT2D eigenvalue weighted by atomic mass is 10.1. The van der Waals surface area contributed by atoms with Crippen LogP contribution in [0.4, 0.5) is 15.2 Å². The number of amides is 2. The normalized spacial score (nSPS) is 10.6. The molecule has 3 rings (SSSR count). The second kappa shape index (κ2) is 7.69. The highest BCUT2D eigenvalue weighted by molar-refractivity contribution is 7.14. The zero-order chi connectivity index (χ0) is 20.4. The van der Waals surface area contributed by atoms with E-state index < -0.39 is 17.3 Å². The van der Waals surface area contributed by atoms with Gasteiger partial charge in [-0.3, -0.25) is 19.7 Å². The molecular formula is C18H16FN5O3S. The van der Waals surface area contributed by atoms with Gasteiger partial charge in [0.2, 0.25) is 5.91 Å². The van der Waals surface area contributed by atoms with Crippen LogP contribution in [0.3, 0.4) is 0 Å². The third-order valence-corrected chi connectivity index (χ3v) is 4.74. The molecule has 3 N–H and O–H groups in total. The number of carbonyl (C=O) groups excluding carboxylic acids is 2. The molecule has 8 nitrogen and oxygen atoms in total. The summed E-state index contributed by atoms with van der Waals surface area (Å²) in [4.78, 5) is 39.7. The van der Waals surface area contributed by atoms with Crippen molar-refractivity contribution in [1.82, 2.24) is 15.2 Å². The van der Waals surface area contributed by atoms with Crippen molar-refractivity contribution in [3.63, 3.8) is 0 Å². The zero-order valence-corrected chi connectivity index (χ0v) is 16.0. The van der Waals surface area contributed by atoms with Gasteiger partial charge in [-0.1, -0.05) is 0 Å². The van der Waals surface area contributed by atoms with E-state index in [9.17, 15) is 18.8 Å². The first kappa shape index (κ1) is 19.4. The molecule has 2 heterocycles. The third-order valence-electron chi connectivity index (χ3n) is 3.99. The number of halogens is 1. The standard InChI is InChI=1S/C18H16FN5O3S/c1-8-9(2)23-24-17(27)15(8)16(26)22-18-21-14(7-28-18)12-5-4-11(6-13(12)19)20-10(3)25/h4-7H,1-3H3,(H,20,25)(H,24,27)(H,21,22,26). The maximum Gasteiger partial charge on any atom is 0.277 e. The van der Waals surface area contributed by atoms with Crippen LogP contribution in [-0.4, -0.2) is 27.0 Å². The number of thiazole rings is 1. The van der Waals surface area contributed by atoms with Gasteiger partial charge >= 0.3 is 0 Å². The number of anilines is 2. The molecule has 3 aromatic rings. The van der Waals surface area contributed by atoms with E-state index in [0.29, 0.717) is 22.6 Å². The Balaban J connectivity index is 1.84. The summed E-state index contributed by atoms with van der Waals surface area (Å²) >= 11 is 1.10. The summed E-state index contributed by atoms with van der Waals surface area (Å²) in [6.07, 6.45) is 0.